The molecule has 0 saturated heterocycles. The molecule has 0 aliphatic rings. The van der Waals surface area contributed by atoms with E-state index in [1.807, 2.05) is 60.7 Å². The number of anilines is 5. The number of nitrogens with zero attached hydrogens (tertiary/aromatic N) is 2. The van der Waals surface area contributed by atoms with Crippen LogP contribution >= 0.6 is 11.6 Å². The number of amides is 1. The van der Waals surface area contributed by atoms with Gasteiger partial charge in [0.05, 0.1) is 38.2 Å². The van der Waals surface area contributed by atoms with Crippen LogP contribution in [0, 0.1) is 0 Å². The molecule has 1 amide bonds. The Morgan fingerprint density at radius 1 is 0.886 bits per heavy atom. The van der Waals surface area contributed by atoms with Crippen molar-refractivity contribution in [3.63, 3.8) is 0 Å². The highest BCUT2D eigenvalue weighted by atomic mass is 35.5. The summed E-state index contributed by atoms with van der Waals surface area (Å²) in [7, 11) is 3.14. The lowest BCUT2D eigenvalue weighted by molar-refractivity contribution is -0.115. The quantitative estimate of drug-likeness (QED) is 0.272. The van der Waals surface area contributed by atoms with Crippen LogP contribution in [-0.2, 0) is 11.2 Å². The summed E-state index contributed by atoms with van der Waals surface area (Å²) in [5.74, 6) is 1.77. The Morgan fingerprint density at radius 2 is 1.60 bits per heavy atom. The highest BCUT2D eigenvalue weighted by molar-refractivity contribution is 6.33. The third-order valence-corrected chi connectivity index (χ3v) is 5.32. The number of nitrogens with one attached hydrogen (secondary N) is 3. The van der Waals surface area contributed by atoms with Crippen molar-refractivity contribution in [2.75, 3.05) is 30.2 Å². The summed E-state index contributed by atoms with van der Waals surface area (Å²) in [5, 5.41) is 9.60. The second kappa shape index (κ2) is 11.2. The predicted octanol–water partition coefficient (Wildman–Crippen LogP) is 5.82. The fraction of sp³-hybridized carbons (Fsp3) is 0.115. The van der Waals surface area contributed by atoms with E-state index >= 15 is 0 Å². The maximum absolute atomic E-state index is 12.6. The highest BCUT2D eigenvalue weighted by Gasteiger charge is 2.12. The third-order valence-electron chi connectivity index (χ3n) is 5.05. The van der Waals surface area contributed by atoms with Gasteiger partial charge in [-0.15, -0.1) is 0 Å². The summed E-state index contributed by atoms with van der Waals surface area (Å²) in [4.78, 5) is 21.3. The predicted molar refractivity (Wildman–Crippen MR) is 138 cm³/mol. The van der Waals surface area contributed by atoms with Gasteiger partial charge in [-0.2, -0.15) is 4.98 Å². The van der Waals surface area contributed by atoms with Crippen LogP contribution in [0.4, 0.5) is 28.8 Å². The zero-order chi connectivity index (χ0) is 24.6. The maximum atomic E-state index is 12.6. The van der Waals surface area contributed by atoms with Gasteiger partial charge < -0.3 is 25.4 Å². The van der Waals surface area contributed by atoms with Crippen molar-refractivity contribution in [2.24, 2.45) is 0 Å². The first-order valence-corrected chi connectivity index (χ1v) is 11.1. The van der Waals surface area contributed by atoms with E-state index in [0.29, 0.717) is 45.4 Å². The first-order valence-electron chi connectivity index (χ1n) is 10.8. The van der Waals surface area contributed by atoms with Crippen molar-refractivity contribution in [1.82, 2.24) is 9.97 Å². The van der Waals surface area contributed by atoms with Crippen LogP contribution in [0.5, 0.6) is 11.5 Å². The molecule has 0 atom stereocenters. The van der Waals surface area contributed by atoms with E-state index in [0.717, 1.165) is 5.56 Å². The van der Waals surface area contributed by atoms with E-state index < -0.39 is 0 Å². The topological polar surface area (TPSA) is 97.4 Å². The molecule has 9 heteroatoms. The molecule has 8 nitrogen and oxygen atoms in total. The van der Waals surface area contributed by atoms with Crippen molar-refractivity contribution in [3.05, 3.63) is 89.6 Å². The third kappa shape index (κ3) is 6.18. The summed E-state index contributed by atoms with van der Waals surface area (Å²) < 4.78 is 10.6. The molecule has 0 saturated carbocycles. The number of hydrogen-bond donors (Lipinski definition) is 3. The summed E-state index contributed by atoms with van der Waals surface area (Å²) >= 11 is 6.36. The zero-order valence-electron chi connectivity index (χ0n) is 19.2. The second-order valence-electron chi connectivity index (χ2n) is 7.47. The van der Waals surface area contributed by atoms with Gasteiger partial charge in [0.1, 0.15) is 5.02 Å². The molecule has 4 aromatic rings. The van der Waals surface area contributed by atoms with E-state index in [4.69, 9.17) is 21.1 Å². The molecule has 0 radical (unpaired) electrons. The Kier molecular flexibility index (Phi) is 7.64. The number of carbonyl (C=O) groups is 1. The molecular formula is C26H24ClN5O3. The first kappa shape index (κ1) is 23.8. The van der Waals surface area contributed by atoms with Crippen molar-refractivity contribution in [2.45, 2.75) is 6.42 Å². The minimum Gasteiger partial charge on any atom is -0.493 e. The molecule has 0 unspecified atom stereocenters. The molecule has 3 N–H and O–H groups in total. The van der Waals surface area contributed by atoms with Gasteiger partial charge in [-0.1, -0.05) is 54.1 Å². The summed E-state index contributed by atoms with van der Waals surface area (Å²) in [6, 6.07) is 22.3. The molecule has 0 aliphatic carbocycles. The number of rotatable bonds is 9. The Hall–Kier alpha value is -4.30. The number of benzene rings is 3. The Balaban J connectivity index is 1.51. The van der Waals surface area contributed by atoms with Crippen molar-refractivity contribution >= 4 is 46.3 Å². The number of aromatic nitrogens is 2. The van der Waals surface area contributed by atoms with Gasteiger partial charge >= 0.3 is 0 Å². The van der Waals surface area contributed by atoms with Gasteiger partial charge in [0, 0.05) is 11.8 Å². The van der Waals surface area contributed by atoms with Crippen LogP contribution in [0.25, 0.3) is 0 Å². The Bertz CT molecular complexity index is 1320. The lowest BCUT2D eigenvalue weighted by Crippen LogP contribution is -2.15. The highest BCUT2D eigenvalue weighted by Crippen LogP contribution is 2.32. The number of carbonyl (C=O) groups excluding carboxylic acids is 1. The van der Waals surface area contributed by atoms with Crippen LogP contribution in [0.1, 0.15) is 5.56 Å². The minimum absolute atomic E-state index is 0.130. The lowest BCUT2D eigenvalue weighted by atomic mass is 10.1. The number of ether oxygens (including phenoxy) is 2. The normalized spacial score (nSPS) is 10.4. The van der Waals surface area contributed by atoms with E-state index in [9.17, 15) is 4.79 Å². The molecule has 178 valence electrons. The minimum atomic E-state index is -0.130. The molecular weight excluding hydrogens is 466 g/mol. The van der Waals surface area contributed by atoms with Crippen molar-refractivity contribution in [3.8, 4) is 11.5 Å². The molecule has 3 aromatic carbocycles. The summed E-state index contributed by atoms with van der Waals surface area (Å²) in [6.45, 7) is 0. The van der Waals surface area contributed by atoms with Gasteiger partial charge in [0.15, 0.2) is 17.3 Å². The molecule has 0 fully saturated rings. The molecule has 0 aliphatic heterocycles. The summed E-state index contributed by atoms with van der Waals surface area (Å²) in [5.41, 5.74) is 2.90. The maximum Gasteiger partial charge on any atom is 0.229 e. The van der Waals surface area contributed by atoms with Crippen LogP contribution in [-0.4, -0.2) is 30.1 Å². The van der Waals surface area contributed by atoms with Crippen molar-refractivity contribution in [1.29, 1.82) is 0 Å². The van der Waals surface area contributed by atoms with Gasteiger partial charge in [-0.3, -0.25) is 4.79 Å². The van der Waals surface area contributed by atoms with E-state index in [1.165, 1.54) is 6.20 Å². The number of hydrogen-bond acceptors (Lipinski definition) is 7. The monoisotopic (exact) mass is 489 g/mol. The van der Waals surface area contributed by atoms with Crippen LogP contribution in [0.3, 0.4) is 0 Å². The van der Waals surface area contributed by atoms with Crippen LogP contribution in [0.15, 0.2) is 79.0 Å². The zero-order valence-corrected chi connectivity index (χ0v) is 20.0. The number of methoxy groups -OCH3 is 2. The molecule has 0 spiro atoms. The SMILES string of the molecule is COc1ccc(Nc2ncc(Cl)c(Nc3ccccc3NC(=O)Cc3ccccc3)n2)cc1OC. The van der Waals surface area contributed by atoms with Gasteiger partial charge in [0.2, 0.25) is 11.9 Å². The number of para-hydroxylation sites is 2. The first-order chi connectivity index (χ1) is 17.1. The summed E-state index contributed by atoms with van der Waals surface area (Å²) in [6.07, 6.45) is 1.76. The van der Waals surface area contributed by atoms with Gasteiger partial charge in [-0.05, 0) is 29.8 Å². The van der Waals surface area contributed by atoms with Crippen LogP contribution in [0.2, 0.25) is 5.02 Å². The lowest BCUT2D eigenvalue weighted by Gasteiger charge is -2.15. The Labute approximate surface area is 208 Å². The molecule has 0 bridgehead atoms. The van der Waals surface area contributed by atoms with E-state index in [1.54, 1.807) is 26.4 Å². The van der Waals surface area contributed by atoms with E-state index in [-0.39, 0.29) is 12.3 Å². The van der Waals surface area contributed by atoms with Gasteiger partial charge in [0.25, 0.3) is 0 Å². The standard InChI is InChI=1S/C26H24ClN5O3/c1-34-22-13-12-18(15-23(22)35-2)29-26-28-16-19(27)25(32-26)31-21-11-7-6-10-20(21)30-24(33)14-17-8-4-3-5-9-17/h3-13,15-16H,14H2,1-2H3,(H,30,33)(H2,28,29,31,32). The average Bonchev–Trinajstić information content (AvgIpc) is 2.87. The largest absolute Gasteiger partial charge is 0.493 e. The average molecular weight is 490 g/mol. The smallest absolute Gasteiger partial charge is 0.229 e. The second-order valence-corrected chi connectivity index (χ2v) is 7.87. The van der Waals surface area contributed by atoms with Crippen molar-refractivity contribution < 1.29 is 14.3 Å². The number of halogens is 1. The molecule has 4 rings (SSSR count). The molecule has 35 heavy (non-hydrogen) atoms. The van der Waals surface area contributed by atoms with E-state index in [2.05, 4.69) is 25.9 Å². The fourth-order valence-electron chi connectivity index (χ4n) is 3.36. The molecule has 1 heterocycles. The fourth-order valence-corrected chi connectivity index (χ4v) is 3.50. The molecule has 1 aromatic heterocycles. The van der Waals surface area contributed by atoms with Gasteiger partial charge in [-0.25, -0.2) is 4.98 Å². The van der Waals surface area contributed by atoms with Crippen LogP contribution < -0.4 is 25.4 Å². The Morgan fingerprint density at radius 3 is 2.34 bits per heavy atom.